The van der Waals surface area contributed by atoms with Gasteiger partial charge in [-0.1, -0.05) is 0 Å². The minimum Gasteiger partial charge on any atom is -0.384 e. The molecule has 0 aromatic heterocycles. The number of ether oxygens (including phenoxy) is 1. The Morgan fingerprint density at radius 2 is 2.33 bits per heavy atom. The van der Waals surface area contributed by atoms with Gasteiger partial charge < -0.3 is 10.1 Å². The van der Waals surface area contributed by atoms with Gasteiger partial charge in [-0.3, -0.25) is 0 Å². The molecule has 2 nitrogen and oxygen atoms in total. The number of hydrogen-bond donors (Lipinski definition) is 1. The van der Waals surface area contributed by atoms with E-state index in [0.717, 1.165) is 23.7 Å². The Hall–Kier alpha value is 0.270. The summed E-state index contributed by atoms with van der Waals surface area (Å²) in [5.74, 6) is 1.15. The molecule has 72 valence electrons. The Labute approximate surface area is 79.4 Å². The summed E-state index contributed by atoms with van der Waals surface area (Å²) in [5, 5.41) is 4.21. The van der Waals surface area contributed by atoms with Gasteiger partial charge in [-0.2, -0.15) is 11.8 Å². The minimum absolute atomic E-state index is 0.769. The van der Waals surface area contributed by atoms with Crippen LogP contribution in [0.5, 0.6) is 0 Å². The molecule has 2 unspecified atom stereocenters. The molecule has 1 aliphatic rings. The molecular weight excluding hydrogens is 170 g/mol. The van der Waals surface area contributed by atoms with Crippen LogP contribution in [0.25, 0.3) is 0 Å². The standard InChI is InChI=1S/C9H19NOS/c1-10-8-3-4-9(7-8)12-6-5-11-2/h8-10H,3-7H2,1-2H3. The molecule has 1 aliphatic carbocycles. The van der Waals surface area contributed by atoms with Crippen LogP contribution in [-0.4, -0.2) is 37.8 Å². The van der Waals surface area contributed by atoms with Gasteiger partial charge in [0, 0.05) is 24.2 Å². The normalized spacial score (nSPS) is 29.5. The van der Waals surface area contributed by atoms with Crippen molar-refractivity contribution in [1.82, 2.24) is 5.32 Å². The second-order valence-electron chi connectivity index (χ2n) is 3.28. The molecule has 0 bridgehead atoms. The quantitative estimate of drug-likeness (QED) is 0.662. The Bertz CT molecular complexity index is 121. The molecule has 0 amide bonds. The summed E-state index contributed by atoms with van der Waals surface area (Å²) in [6.07, 6.45) is 4.06. The zero-order valence-corrected chi connectivity index (χ0v) is 8.82. The topological polar surface area (TPSA) is 21.3 Å². The van der Waals surface area contributed by atoms with E-state index in [9.17, 15) is 0 Å². The van der Waals surface area contributed by atoms with Crippen molar-refractivity contribution in [3.63, 3.8) is 0 Å². The van der Waals surface area contributed by atoms with Crippen LogP contribution in [0.3, 0.4) is 0 Å². The van der Waals surface area contributed by atoms with Crippen molar-refractivity contribution in [2.45, 2.75) is 30.6 Å². The average molecular weight is 189 g/mol. The van der Waals surface area contributed by atoms with E-state index >= 15 is 0 Å². The van der Waals surface area contributed by atoms with E-state index in [-0.39, 0.29) is 0 Å². The number of hydrogen-bond acceptors (Lipinski definition) is 3. The molecule has 0 aliphatic heterocycles. The Morgan fingerprint density at radius 3 is 2.92 bits per heavy atom. The number of rotatable bonds is 5. The fourth-order valence-electron chi connectivity index (χ4n) is 1.65. The molecule has 1 fully saturated rings. The molecule has 1 N–H and O–H groups in total. The largest absolute Gasteiger partial charge is 0.384 e. The highest BCUT2D eigenvalue weighted by molar-refractivity contribution is 7.99. The first-order valence-electron chi connectivity index (χ1n) is 4.64. The Kier molecular flexibility index (Phi) is 5.04. The number of nitrogens with one attached hydrogen (secondary N) is 1. The van der Waals surface area contributed by atoms with Gasteiger partial charge in [-0.15, -0.1) is 0 Å². The maximum atomic E-state index is 5.02. The zero-order valence-electron chi connectivity index (χ0n) is 8.01. The van der Waals surface area contributed by atoms with Crippen molar-refractivity contribution in [3.05, 3.63) is 0 Å². The summed E-state index contributed by atoms with van der Waals surface area (Å²) in [4.78, 5) is 0. The lowest BCUT2D eigenvalue weighted by Gasteiger charge is -2.09. The van der Waals surface area contributed by atoms with E-state index in [4.69, 9.17) is 4.74 Å². The van der Waals surface area contributed by atoms with Gasteiger partial charge in [-0.25, -0.2) is 0 Å². The first-order valence-corrected chi connectivity index (χ1v) is 5.69. The van der Waals surface area contributed by atoms with Gasteiger partial charge in [0.25, 0.3) is 0 Å². The SMILES string of the molecule is CNC1CCC(SCCOC)C1. The zero-order chi connectivity index (χ0) is 8.81. The van der Waals surface area contributed by atoms with Crippen LogP contribution < -0.4 is 5.32 Å². The highest BCUT2D eigenvalue weighted by Gasteiger charge is 2.22. The van der Waals surface area contributed by atoms with Gasteiger partial charge in [0.1, 0.15) is 0 Å². The minimum atomic E-state index is 0.769. The van der Waals surface area contributed by atoms with E-state index in [1.54, 1.807) is 7.11 Å². The van der Waals surface area contributed by atoms with Crippen LogP contribution in [0.1, 0.15) is 19.3 Å². The van der Waals surface area contributed by atoms with Crippen molar-refractivity contribution in [2.75, 3.05) is 26.5 Å². The van der Waals surface area contributed by atoms with Crippen molar-refractivity contribution >= 4 is 11.8 Å². The van der Waals surface area contributed by atoms with E-state index in [1.165, 1.54) is 19.3 Å². The van der Waals surface area contributed by atoms with E-state index < -0.39 is 0 Å². The smallest absolute Gasteiger partial charge is 0.0553 e. The molecule has 0 heterocycles. The molecule has 0 saturated heterocycles. The van der Waals surface area contributed by atoms with Crippen LogP contribution in [-0.2, 0) is 4.74 Å². The second-order valence-corrected chi connectivity index (χ2v) is 4.69. The van der Waals surface area contributed by atoms with Gasteiger partial charge in [-0.05, 0) is 26.3 Å². The average Bonchev–Trinajstić information content (AvgIpc) is 2.53. The summed E-state index contributed by atoms with van der Waals surface area (Å²) < 4.78 is 5.02. The van der Waals surface area contributed by atoms with E-state index in [0.29, 0.717) is 0 Å². The van der Waals surface area contributed by atoms with Crippen LogP contribution in [0, 0.1) is 0 Å². The summed E-state index contributed by atoms with van der Waals surface area (Å²) >= 11 is 2.06. The fraction of sp³-hybridized carbons (Fsp3) is 1.00. The van der Waals surface area contributed by atoms with Crippen LogP contribution in [0.15, 0.2) is 0 Å². The molecule has 1 saturated carbocycles. The molecule has 0 aromatic rings. The molecule has 2 atom stereocenters. The van der Waals surface area contributed by atoms with Gasteiger partial charge >= 0.3 is 0 Å². The van der Waals surface area contributed by atoms with Gasteiger partial charge in [0.2, 0.25) is 0 Å². The van der Waals surface area contributed by atoms with Crippen molar-refractivity contribution in [1.29, 1.82) is 0 Å². The molecule has 0 radical (unpaired) electrons. The molecule has 1 rings (SSSR count). The van der Waals surface area contributed by atoms with Gasteiger partial charge in [0.05, 0.1) is 6.61 Å². The summed E-state index contributed by atoms with van der Waals surface area (Å²) in [7, 11) is 3.83. The molecule has 0 spiro atoms. The van der Waals surface area contributed by atoms with Crippen LogP contribution in [0.4, 0.5) is 0 Å². The highest BCUT2D eigenvalue weighted by atomic mass is 32.2. The van der Waals surface area contributed by atoms with Crippen molar-refractivity contribution in [3.8, 4) is 0 Å². The predicted octanol–water partition coefficient (Wildman–Crippen LogP) is 1.51. The van der Waals surface area contributed by atoms with Crippen molar-refractivity contribution in [2.24, 2.45) is 0 Å². The third-order valence-electron chi connectivity index (χ3n) is 2.43. The summed E-state index contributed by atoms with van der Waals surface area (Å²) in [6, 6.07) is 0.769. The summed E-state index contributed by atoms with van der Waals surface area (Å²) in [6.45, 7) is 0.894. The molecule has 12 heavy (non-hydrogen) atoms. The third kappa shape index (κ3) is 3.33. The molecule has 0 aromatic carbocycles. The van der Waals surface area contributed by atoms with Crippen LogP contribution >= 0.6 is 11.8 Å². The van der Waals surface area contributed by atoms with Crippen molar-refractivity contribution < 1.29 is 4.74 Å². The predicted molar refractivity (Wildman–Crippen MR) is 54.8 cm³/mol. The summed E-state index contributed by atoms with van der Waals surface area (Å²) in [5.41, 5.74) is 0. The van der Waals surface area contributed by atoms with Crippen LogP contribution in [0.2, 0.25) is 0 Å². The monoisotopic (exact) mass is 189 g/mol. The van der Waals surface area contributed by atoms with Gasteiger partial charge in [0.15, 0.2) is 0 Å². The van der Waals surface area contributed by atoms with E-state index in [1.807, 2.05) is 0 Å². The maximum Gasteiger partial charge on any atom is 0.0553 e. The number of thioether (sulfide) groups is 1. The Balaban J connectivity index is 2.03. The lowest BCUT2D eigenvalue weighted by atomic mass is 10.3. The van der Waals surface area contributed by atoms with E-state index in [2.05, 4.69) is 24.1 Å². The first-order chi connectivity index (χ1) is 5.86. The fourth-order valence-corrected chi connectivity index (χ4v) is 2.92. The molecule has 3 heteroatoms. The highest BCUT2D eigenvalue weighted by Crippen LogP contribution is 2.29. The molecular formula is C9H19NOS. The first kappa shape index (κ1) is 10.4. The Morgan fingerprint density at radius 1 is 1.50 bits per heavy atom. The second kappa shape index (κ2) is 5.84. The number of methoxy groups -OCH3 is 1. The third-order valence-corrected chi connectivity index (χ3v) is 3.74. The lowest BCUT2D eigenvalue weighted by molar-refractivity contribution is 0.218. The maximum absolute atomic E-state index is 5.02. The lowest BCUT2D eigenvalue weighted by Crippen LogP contribution is -2.21.